The maximum absolute atomic E-state index is 13.9. The molecule has 10 nitrogen and oxygen atoms in total. The highest BCUT2D eigenvalue weighted by atomic mass is 35.5. The number of rotatable bonds is 7. The topological polar surface area (TPSA) is 138 Å². The van der Waals surface area contributed by atoms with Crippen LogP contribution >= 0.6 is 11.6 Å². The summed E-state index contributed by atoms with van der Waals surface area (Å²) in [6.07, 6.45) is -0.697. The minimum Gasteiger partial charge on any atom is -0.442 e. The molecule has 2 unspecified atom stereocenters. The van der Waals surface area contributed by atoms with Gasteiger partial charge in [-0.25, -0.2) is 14.2 Å². The van der Waals surface area contributed by atoms with E-state index >= 15 is 0 Å². The first-order chi connectivity index (χ1) is 15.1. The predicted molar refractivity (Wildman–Crippen MR) is 113 cm³/mol. The standard InChI is InChI=1S/C20H22ClFN6O4/c1-20(2,3)16(15(10-29)32-19(23)30)28-26-17(25-27-28)11-4-6-13(7-5-11)31-18-14(22)8-12(21)9-24-18/h4-9,15-16,29H,10H2,1-3H3,(H2,23,30). The van der Waals surface area contributed by atoms with Crippen molar-refractivity contribution >= 4 is 17.7 Å². The summed E-state index contributed by atoms with van der Waals surface area (Å²) in [5.74, 6) is -0.255. The number of amides is 1. The van der Waals surface area contributed by atoms with Gasteiger partial charge in [-0.1, -0.05) is 32.4 Å². The number of primary amides is 1. The van der Waals surface area contributed by atoms with Crippen LogP contribution in [0.25, 0.3) is 11.4 Å². The van der Waals surface area contributed by atoms with Crippen LogP contribution in [0.15, 0.2) is 36.5 Å². The number of aromatic nitrogens is 5. The second-order valence-corrected chi connectivity index (χ2v) is 8.41. The van der Waals surface area contributed by atoms with Crippen LogP contribution < -0.4 is 10.5 Å². The van der Waals surface area contributed by atoms with E-state index in [2.05, 4.69) is 20.4 Å². The number of pyridine rings is 1. The van der Waals surface area contributed by atoms with Crippen molar-refractivity contribution in [2.75, 3.05) is 6.61 Å². The van der Waals surface area contributed by atoms with Crippen LogP contribution in [0.1, 0.15) is 26.8 Å². The van der Waals surface area contributed by atoms with Crippen LogP contribution in [0.3, 0.4) is 0 Å². The molecule has 3 N–H and O–H groups in total. The molecule has 2 atom stereocenters. The van der Waals surface area contributed by atoms with E-state index < -0.39 is 36.1 Å². The SMILES string of the molecule is CC(C)(C)C(C(CO)OC(N)=O)n1nnc(-c2ccc(Oc3ncc(Cl)cc3F)cc2)n1. The first kappa shape index (κ1) is 23.4. The van der Waals surface area contributed by atoms with Crippen LogP contribution in [0.5, 0.6) is 11.6 Å². The Labute approximate surface area is 188 Å². The van der Waals surface area contributed by atoms with Gasteiger partial charge in [-0.15, -0.1) is 10.2 Å². The van der Waals surface area contributed by atoms with E-state index in [1.165, 1.54) is 11.0 Å². The molecule has 3 rings (SSSR count). The molecule has 0 radical (unpaired) electrons. The second-order valence-electron chi connectivity index (χ2n) is 7.97. The van der Waals surface area contributed by atoms with Crippen molar-refractivity contribution < 1.29 is 23.8 Å². The zero-order valence-corrected chi connectivity index (χ0v) is 18.3. The number of nitrogens with two attached hydrogens (primary N) is 1. The fourth-order valence-corrected chi connectivity index (χ4v) is 3.27. The molecule has 0 aliphatic rings. The highest BCUT2D eigenvalue weighted by molar-refractivity contribution is 6.30. The Bertz CT molecular complexity index is 1090. The van der Waals surface area contributed by atoms with Gasteiger partial charge in [0.1, 0.15) is 11.8 Å². The molecule has 0 bridgehead atoms. The van der Waals surface area contributed by atoms with Gasteiger partial charge in [0.25, 0.3) is 5.88 Å². The number of carbonyl (C=O) groups excluding carboxylic acids is 1. The Balaban J connectivity index is 1.82. The zero-order chi connectivity index (χ0) is 23.5. The van der Waals surface area contributed by atoms with E-state index in [4.69, 9.17) is 26.8 Å². The second kappa shape index (κ2) is 9.45. The lowest BCUT2D eigenvalue weighted by atomic mass is 9.84. The summed E-state index contributed by atoms with van der Waals surface area (Å²) in [7, 11) is 0. The number of ether oxygens (including phenoxy) is 2. The third kappa shape index (κ3) is 5.48. The number of hydrogen-bond acceptors (Lipinski definition) is 8. The van der Waals surface area contributed by atoms with Crippen molar-refractivity contribution in [2.24, 2.45) is 11.1 Å². The van der Waals surface area contributed by atoms with Crippen LogP contribution in [0.4, 0.5) is 9.18 Å². The average Bonchev–Trinajstić information content (AvgIpc) is 3.18. The van der Waals surface area contributed by atoms with Gasteiger partial charge >= 0.3 is 6.09 Å². The average molecular weight is 465 g/mol. The summed E-state index contributed by atoms with van der Waals surface area (Å²) in [6.45, 7) is 5.17. The Kier molecular flexibility index (Phi) is 6.90. The smallest absolute Gasteiger partial charge is 0.404 e. The molecule has 0 fully saturated rings. The number of aliphatic hydroxyl groups excluding tert-OH is 1. The van der Waals surface area contributed by atoms with E-state index in [1.807, 2.05) is 20.8 Å². The van der Waals surface area contributed by atoms with Gasteiger partial charge < -0.3 is 20.3 Å². The monoisotopic (exact) mass is 464 g/mol. The number of aliphatic hydroxyl groups is 1. The minimum atomic E-state index is -1.01. The van der Waals surface area contributed by atoms with Crippen LogP contribution in [-0.2, 0) is 4.74 Å². The van der Waals surface area contributed by atoms with Gasteiger partial charge in [0.05, 0.1) is 11.6 Å². The van der Waals surface area contributed by atoms with Crippen molar-refractivity contribution in [3.8, 4) is 23.0 Å². The van der Waals surface area contributed by atoms with Gasteiger partial charge in [0, 0.05) is 11.8 Å². The molecule has 170 valence electrons. The van der Waals surface area contributed by atoms with Gasteiger partial charge in [-0.2, -0.15) is 4.80 Å². The first-order valence-electron chi connectivity index (χ1n) is 9.54. The van der Waals surface area contributed by atoms with Crippen LogP contribution in [0.2, 0.25) is 5.02 Å². The molecule has 12 heteroatoms. The molecule has 0 aliphatic heterocycles. The highest BCUT2D eigenvalue weighted by Gasteiger charge is 2.38. The molecule has 3 aromatic rings. The molecule has 0 spiro atoms. The minimum absolute atomic E-state index is 0.164. The van der Waals surface area contributed by atoms with Crippen molar-refractivity contribution in [1.29, 1.82) is 0 Å². The Morgan fingerprint density at radius 1 is 1.31 bits per heavy atom. The summed E-state index contributed by atoms with van der Waals surface area (Å²) in [4.78, 5) is 16.3. The molecule has 1 aromatic carbocycles. The molecule has 1 amide bonds. The number of tetrazole rings is 1. The number of nitrogens with zero attached hydrogens (tertiary/aromatic N) is 5. The summed E-state index contributed by atoms with van der Waals surface area (Å²) in [5, 5.41) is 22.4. The summed E-state index contributed by atoms with van der Waals surface area (Å²) < 4.78 is 24.3. The van der Waals surface area contributed by atoms with Crippen molar-refractivity contribution in [3.63, 3.8) is 0 Å². The lowest BCUT2D eigenvalue weighted by Crippen LogP contribution is -2.42. The number of hydrogen-bond donors (Lipinski definition) is 2. The van der Waals surface area contributed by atoms with E-state index in [9.17, 15) is 14.3 Å². The lowest BCUT2D eigenvalue weighted by Gasteiger charge is -2.33. The summed E-state index contributed by atoms with van der Waals surface area (Å²) in [6, 6.07) is 7.00. The largest absolute Gasteiger partial charge is 0.442 e. The van der Waals surface area contributed by atoms with E-state index in [-0.39, 0.29) is 16.7 Å². The lowest BCUT2D eigenvalue weighted by molar-refractivity contribution is -0.0136. The van der Waals surface area contributed by atoms with Gasteiger partial charge in [0.2, 0.25) is 5.82 Å². The third-order valence-electron chi connectivity index (χ3n) is 4.47. The van der Waals surface area contributed by atoms with Crippen molar-refractivity contribution in [3.05, 3.63) is 47.4 Å². The first-order valence-corrected chi connectivity index (χ1v) is 9.92. The molecule has 0 saturated heterocycles. The van der Waals surface area contributed by atoms with E-state index in [0.717, 1.165) is 6.07 Å². The number of carbonyl (C=O) groups is 1. The zero-order valence-electron chi connectivity index (χ0n) is 17.6. The van der Waals surface area contributed by atoms with Crippen LogP contribution in [-0.4, -0.2) is 49.1 Å². The van der Waals surface area contributed by atoms with Gasteiger partial charge in [-0.3, -0.25) is 0 Å². The fraction of sp³-hybridized carbons (Fsp3) is 0.350. The Morgan fingerprint density at radius 3 is 2.56 bits per heavy atom. The normalized spacial score (nSPS) is 13.4. The van der Waals surface area contributed by atoms with Crippen LogP contribution in [0, 0.1) is 11.2 Å². The molecule has 0 saturated carbocycles. The molecular formula is C20H22ClFN6O4. The molecular weight excluding hydrogens is 443 g/mol. The Morgan fingerprint density at radius 2 is 2.00 bits per heavy atom. The molecule has 0 aliphatic carbocycles. The molecule has 2 aromatic heterocycles. The number of halogens is 2. The maximum Gasteiger partial charge on any atom is 0.404 e. The third-order valence-corrected chi connectivity index (χ3v) is 4.67. The summed E-state index contributed by atoms with van der Waals surface area (Å²) >= 11 is 5.69. The van der Waals surface area contributed by atoms with E-state index in [1.54, 1.807) is 24.3 Å². The molecule has 2 heterocycles. The van der Waals surface area contributed by atoms with Gasteiger partial charge in [0.15, 0.2) is 11.9 Å². The predicted octanol–water partition coefficient (Wildman–Crippen LogP) is 3.36. The van der Waals surface area contributed by atoms with E-state index in [0.29, 0.717) is 11.3 Å². The fourth-order valence-electron chi connectivity index (χ4n) is 3.12. The van der Waals surface area contributed by atoms with Crippen molar-refractivity contribution in [1.82, 2.24) is 25.2 Å². The molecule has 32 heavy (non-hydrogen) atoms. The highest BCUT2D eigenvalue weighted by Crippen LogP contribution is 2.34. The van der Waals surface area contributed by atoms with Gasteiger partial charge in [-0.05, 0) is 41.0 Å². The van der Waals surface area contributed by atoms with Crippen molar-refractivity contribution in [2.45, 2.75) is 32.9 Å². The Hall–Kier alpha value is -3.31. The summed E-state index contributed by atoms with van der Waals surface area (Å²) in [5.41, 5.74) is 5.23. The number of benzene rings is 1. The quantitative estimate of drug-likeness (QED) is 0.542. The maximum atomic E-state index is 13.9.